The molecule has 5 nitrogen and oxygen atoms in total. The predicted octanol–water partition coefficient (Wildman–Crippen LogP) is 3.36. The van der Waals surface area contributed by atoms with Crippen LogP contribution < -0.4 is 4.90 Å². The highest BCUT2D eigenvalue weighted by molar-refractivity contribution is 7.17. The van der Waals surface area contributed by atoms with Gasteiger partial charge >= 0.3 is 0 Å². The molecule has 144 valence electrons. The van der Waals surface area contributed by atoms with Gasteiger partial charge in [0.1, 0.15) is 4.88 Å². The van der Waals surface area contributed by atoms with Gasteiger partial charge in [-0.1, -0.05) is 55.8 Å². The fourth-order valence-electron chi connectivity index (χ4n) is 4.45. The van der Waals surface area contributed by atoms with E-state index in [2.05, 4.69) is 30.0 Å². The van der Waals surface area contributed by atoms with E-state index in [0.717, 1.165) is 45.8 Å². The van der Waals surface area contributed by atoms with Crippen LogP contribution in [0.25, 0.3) is 4.96 Å². The third kappa shape index (κ3) is 3.58. The number of nitrogens with one attached hydrogen (secondary N) is 1. The second-order valence-electron chi connectivity index (χ2n) is 7.87. The number of likely N-dealkylation sites (tertiary alicyclic amines) is 1. The van der Waals surface area contributed by atoms with Crippen LogP contribution in [-0.4, -0.2) is 32.8 Å². The molecule has 27 heavy (non-hydrogen) atoms. The standard InChI is InChI=1S/C20H25ClN4OS/c1-4-16-22-20-25(23-16)19(26)18(27-20)17(14-6-5-7-15(21)9-14)24-10-12(2)8-13(3)11-24/h5-7,9,12-13,17,26H,4,8,10-11H2,1-3H3/p+1/t12-,13-,17+/m0/s1. The molecule has 2 N–H and O–H groups in total. The molecule has 0 saturated carbocycles. The van der Waals surface area contributed by atoms with E-state index in [1.807, 2.05) is 25.1 Å². The van der Waals surface area contributed by atoms with Crippen molar-refractivity contribution < 1.29 is 10.0 Å². The van der Waals surface area contributed by atoms with E-state index in [9.17, 15) is 5.11 Å². The van der Waals surface area contributed by atoms with Gasteiger partial charge in [0.2, 0.25) is 10.8 Å². The number of benzene rings is 1. The summed E-state index contributed by atoms with van der Waals surface area (Å²) in [7, 11) is 0. The van der Waals surface area contributed by atoms with E-state index in [0.29, 0.717) is 11.8 Å². The number of fused-ring (bicyclic) bond motifs is 1. The average molecular weight is 406 g/mol. The number of hydrogen-bond donors (Lipinski definition) is 2. The summed E-state index contributed by atoms with van der Waals surface area (Å²) >= 11 is 7.85. The lowest BCUT2D eigenvalue weighted by molar-refractivity contribution is -0.936. The summed E-state index contributed by atoms with van der Waals surface area (Å²) in [5.74, 6) is 2.28. The van der Waals surface area contributed by atoms with Gasteiger partial charge < -0.3 is 10.0 Å². The third-order valence-corrected chi connectivity index (χ3v) is 6.76. The van der Waals surface area contributed by atoms with Crippen LogP contribution in [0.3, 0.4) is 0 Å². The second kappa shape index (κ2) is 7.41. The number of rotatable bonds is 4. The summed E-state index contributed by atoms with van der Waals surface area (Å²) in [6, 6.07) is 8.06. The molecule has 0 amide bonds. The minimum atomic E-state index is 0.0347. The molecular weight excluding hydrogens is 380 g/mol. The van der Waals surface area contributed by atoms with Gasteiger partial charge in [-0.3, -0.25) is 0 Å². The van der Waals surface area contributed by atoms with Gasteiger partial charge in [0, 0.05) is 28.8 Å². The van der Waals surface area contributed by atoms with Gasteiger partial charge in [0.25, 0.3) is 0 Å². The molecule has 4 rings (SSSR count). The first-order chi connectivity index (χ1) is 13.0. The highest BCUT2D eigenvalue weighted by Gasteiger charge is 2.37. The Morgan fingerprint density at radius 1 is 1.33 bits per heavy atom. The highest BCUT2D eigenvalue weighted by atomic mass is 35.5. The zero-order valence-corrected chi connectivity index (χ0v) is 17.5. The number of nitrogens with zero attached hydrogens (tertiary/aromatic N) is 3. The summed E-state index contributed by atoms with van der Waals surface area (Å²) in [4.78, 5) is 7.70. The molecule has 1 fully saturated rings. The van der Waals surface area contributed by atoms with Crippen molar-refractivity contribution in [2.75, 3.05) is 13.1 Å². The van der Waals surface area contributed by atoms with Crippen LogP contribution in [0.1, 0.15) is 49.5 Å². The van der Waals surface area contributed by atoms with Crippen LogP contribution in [0.5, 0.6) is 5.88 Å². The number of aromatic hydroxyl groups is 1. The summed E-state index contributed by atoms with van der Waals surface area (Å²) in [5.41, 5.74) is 1.13. The number of aryl methyl sites for hydroxylation is 1. The molecule has 3 atom stereocenters. The Kier molecular flexibility index (Phi) is 5.14. The Balaban J connectivity index is 1.82. The molecule has 0 spiro atoms. The number of aromatic nitrogens is 3. The maximum atomic E-state index is 11.0. The van der Waals surface area contributed by atoms with Crippen molar-refractivity contribution in [3.8, 4) is 5.88 Å². The number of piperidine rings is 1. The Morgan fingerprint density at radius 2 is 2.07 bits per heavy atom. The highest BCUT2D eigenvalue weighted by Crippen LogP contribution is 2.36. The van der Waals surface area contributed by atoms with Crippen LogP contribution in [0.4, 0.5) is 0 Å². The van der Waals surface area contributed by atoms with E-state index in [-0.39, 0.29) is 11.9 Å². The molecule has 1 saturated heterocycles. The Bertz CT molecular complexity index is 943. The molecule has 2 aromatic heterocycles. The normalized spacial score (nSPS) is 24.4. The summed E-state index contributed by atoms with van der Waals surface area (Å²) in [6.45, 7) is 8.82. The zero-order valence-electron chi connectivity index (χ0n) is 15.9. The molecule has 3 heterocycles. The lowest BCUT2D eigenvalue weighted by Crippen LogP contribution is -3.14. The summed E-state index contributed by atoms with van der Waals surface area (Å²) in [5, 5.41) is 16.2. The molecule has 1 aliphatic rings. The van der Waals surface area contributed by atoms with E-state index in [1.54, 1.807) is 15.9 Å². The lowest BCUT2D eigenvalue weighted by atomic mass is 9.89. The molecule has 0 bridgehead atoms. The molecule has 3 aromatic rings. The molecular formula is C20H26ClN4OS+. The van der Waals surface area contributed by atoms with Crippen LogP contribution in [-0.2, 0) is 6.42 Å². The first kappa shape index (κ1) is 18.7. The Labute approximate surface area is 168 Å². The number of quaternary nitrogens is 1. The smallest absolute Gasteiger partial charge is 0.235 e. The van der Waals surface area contributed by atoms with Crippen molar-refractivity contribution in [2.24, 2.45) is 11.8 Å². The molecule has 1 aromatic carbocycles. The van der Waals surface area contributed by atoms with E-state index < -0.39 is 0 Å². The fourth-order valence-corrected chi connectivity index (χ4v) is 5.81. The largest absolute Gasteiger partial charge is 0.492 e. The average Bonchev–Trinajstić information content (AvgIpc) is 3.14. The second-order valence-corrected chi connectivity index (χ2v) is 9.31. The topological polar surface area (TPSA) is 54.9 Å². The maximum absolute atomic E-state index is 11.0. The molecule has 0 aliphatic carbocycles. The number of thiazole rings is 1. The Hall–Kier alpha value is -1.63. The van der Waals surface area contributed by atoms with E-state index in [1.165, 1.54) is 11.3 Å². The van der Waals surface area contributed by atoms with Crippen molar-refractivity contribution >= 4 is 27.9 Å². The SMILES string of the molecule is CCc1nc2sc([C@@H](c3cccc(Cl)c3)[NH+]3C[C@@H](C)C[C@H](C)C3)c(O)n2n1. The van der Waals surface area contributed by atoms with Crippen LogP contribution in [0.15, 0.2) is 24.3 Å². The van der Waals surface area contributed by atoms with Gasteiger partial charge in [0.05, 0.1) is 13.1 Å². The van der Waals surface area contributed by atoms with Gasteiger partial charge in [-0.2, -0.15) is 4.52 Å². The first-order valence-corrected chi connectivity index (χ1v) is 10.8. The zero-order chi connectivity index (χ0) is 19.1. The quantitative estimate of drug-likeness (QED) is 0.699. The first-order valence-electron chi connectivity index (χ1n) is 9.63. The van der Waals surface area contributed by atoms with Gasteiger partial charge in [-0.05, 0) is 18.6 Å². The van der Waals surface area contributed by atoms with E-state index in [4.69, 9.17) is 11.6 Å². The monoisotopic (exact) mass is 405 g/mol. The number of halogens is 1. The third-order valence-electron chi connectivity index (χ3n) is 5.44. The predicted molar refractivity (Wildman–Crippen MR) is 109 cm³/mol. The maximum Gasteiger partial charge on any atom is 0.235 e. The molecule has 7 heteroatoms. The van der Waals surface area contributed by atoms with Crippen molar-refractivity contribution in [2.45, 2.75) is 39.7 Å². The minimum Gasteiger partial charge on any atom is -0.492 e. The molecule has 0 unspecified atom stereocenters. The molecule has 0 radical (unpaired) electrons. The summed E-state index contributed by atoms with van der Waals surface area (Å²) < 4.78 is 1.59. The van der Waals surface area contributed by atoms with Gasteiger partial charge in [-0.15, -0.1) is 5.10 Å². The van der Waals surface area contributed by atoms with Crippen molar-refractivity contribution in [3.05, 3.63) is 45.6 Å². The van der Waals surface area contributed by atoms with Crippen LogP contribution in [0, 0.1) is 11.8 Å². The van der Waals surface area contributed by atoms with E-state index >= 15 is 0 Å². The van der Waals surface area contributed by atoms with Crippen LogP contribution >= 0.6 is 22.9 Å². The Morgan fingerprint density at radius 3 is 2.70 bits per heavy atom. The van der Waals surface area contributed by atoms with Gasteiger partial charge in [-0.25, -0.2) is 4.98 Å². The van der Waals surface area contributed by atoms with Crippen molar-refractivity contribution in [1.29, 1.82) is 0 Å². The lowest BCUT2D eigenvalue weighted by Gasteiger charge is -2.37. The fraction of sp³-hybridized carbons (Fsp3) is 0.500. The summed E-state index contributed by atoms with van der Waals surface area (Å²) in [6.07, 6.45) is 2.01. The van der Waals surface area contributed by atoms with Gasteiger partial charge in [0.15, 0.2) is 11.9 Å². The van der Waals surface area contributed by atoms with Crippen molar-refractivity contribution in [1.82, 2.24) is 14.6 Å². The van der Waals surface area contributed by atoms with Crippen molar-refractivity contribution in [3.63, 3.8) is 0 Å². The minimum absolute atomic E-state index is 0.0347. The van der Waals surface area contributed by atoms with Crippen LogP contribution in [0.2, 0.25) is 5.02 Å². The number of hydrogen-bond acceptors (Lipinski definition) is 4. The molecule has 1 aliphatic heterocycles.